The van der Waals surface area contributed by atoms with Crippen molar-refractivity contribution in [3.8, 4) is 0 Å². The minimum absolute atomic E-state index is 0.0528. The van der Waals surface area contributed by atoms with Gasteiger partial charge in [0.05, 0.1) is 23.1 Å². The van der Waals surface area contributed by atoms with Crippen LogP contribution in [0.3, 0.4) is 0 Å². The molecule has 35 heavy (non-hydrogen) atoms. The van der Waals surface area contributed by atoms with E-state index in [0.717, 1.165) is 0 Å². The Labute approximate surface area is 210 Å². The number of carbonyl (C=O) groups excluding carboxylic acids is 2. The Kier molecular flexibility index (Phi) is 8.73. The lowest BCUT2D eigenvalue weighted by Crippen LogP contribution is -2.27. The molecule has 0 aliphatic carbocycles. The topological polar surface area (TPSA) is 141 Å². The number of hydrogen-bond donors (Lipinski definition) is 2. The molecule has 0 saturated carbocycles. The van der Waals surface area contributed by atoms with Gasteiger partial charge in [-0.1, -0.05) is 29.3 Å². The molecule has 0 fully saturated rings. The molecule has 0 atom stereocenters. The molecule has 1 heterocycles. The molecule has 13 heteroatoms. The highest BCUT2D eigenvalue weighted by Gasteiger charge is 2.21. The van der Waals surface area contributed by atoms with Crippen LogP contribution in [-0.2, 0) is 30.9 Å². The number of carbonyl (C=O) groups is 2. The lowest BCUT2D eigenvalue weighted by atomic mass is 10.1. The summed E-state index contributed by atoms with van der Waals surface area (Å²) >= 11 is 11.9. The lowest BCUT2D eigenvalue weighted by Gasteiger charge is -2.11. The molecule has 10 nitrogen and oxygen atoms in total. The Morgan fingerprint density at radius 2 is 1.77 bits per heavy atom. The number of sulfonamides is 1. The number of benzene rings is 2. The van der Waals surface area contributed by atoms with Crippen molar-refractivity contribution >= 4 is 61.9 Å². The highest BCUT2D eigenvalue weighted by molar-refractivity contribution is 7.89. The summed E-state index contributed by atoms with van der Waals surface area (Å²) in [5, 5.41) is 2.88. The van der Waals surface area contributed by atoms with Crippen molar-refractivity contribution < 1.29 is 31.9 Å². The molecule has 0 radical (unpaired) electrons. The van der Waals surface area contributed by atoms with Gasteiger partial charge in [0.1, 0.15) is 17.1 Å². The Hall–Kier alpha value is -3.12. The fourth-order valence-corrected chi connectivity index (χ4v) is 5.21. The number of fused-ring (bicyclic) bond motifs is 1. The molecule has 2 N–H and O–H groups in total. The minimum atomic E-state index is -4.05. The summed E-state index contributed by atoms with van der Waals surface area (Å²) in [4.78, 5) is 35.4. The van der Waals surface area contributed by atoms with E-state index < -0.39 is 27.7 Å². The zero-order chi connectivity index (χ0) is 25.6. The van der Waals surface area contributed by atoms with Crippen molar-refractivity contribution in [2.45, 2.75) is 24.8 Å². The van der Waals surface area contributed by atoms with Crippen LogP contribution in [0.4, 0.5) is 10.5 Å². The molecule has 0 bridgehead atoms. The normalized spacial score (nSPS) is 11.3. The molecular formula is C22H20Cl2N2O8S. The maximum atomic E-state index is 12.4. The number of halogens is 2. The molecule has 2 aromatic carbocycles. The number of anilines is 1. The number of nitrogens with one attached hydrogen (secondary N) is 2. The van der Waals surface area contributed by atoms with Gasteiger partial charge in [0.15, 0.2) is 0 Å². The maximum absolute atomic E-state index is 12.4. The third kappa shape index (κ3) is 6.95. The molecule has 1 aromatic heterocycles. The fraction of sp³-hybridized carbons (Fsp3) is 0.227. The second-order valence-corrected chi connectivity index (χ2v) is 9.52. The second kappa shape index (κ2) is 11.5. The summed E-state index contributed by atoms with van der Waals surface area (Å²) in [5.74, 6) is -0.708. The summed E-state index contributed by atoms with van der Waals surface area (Å²) in [6.45, 7) is 1.34. The van der Waals surface area contributed by atoms with Crippen molar-refractivity contribution in [1.82, 2.24) is 4.72 Å². The van der Waals surface area contributed by atoms with Crippen molar-refractivity contribution in [3.05, 3.63) is 68.5 Å². The van der Waals surface area contributed by atoms with Gasteiger partial charge >= 0.3 is 17.7 Å². The number of rotatable bonds is 9. The van der Waals surface area contributed by atoms with Crippen LogP contribution in [0.15, 0.2) is 56.6 Å². The minimum Gasteiger partial charge on any atom is -0.461 e. The average molecular weight is 543 g/mol. The predicted molar refractivity (Wildman–Crippen MR) is 129 cm³/mol. The van der Waals surface area contributed by atoms with Gasteiger partial charge in [-0.25, -0.2) is 22.7 Å². The Balaban J connectivity index is 1.62. The van der Waals surface area contributed by atoms with Crippen LogP contribution in [0.2, 0.25) is 10.0 Å². The van der Waals surface area contributed by atoms with E-state index in [1.165, 1.54) is 30.3 Å². The van der Waals surface area contributed by atoms with E-state index >= 15 is 0 Å². The highest BCUT2D eigenvalue weighted by Crippen LogP contribution is 2.28. The van der Waals surface area contributed by atoms with Crippen LogP contribution in [0.5, 0.6) is 0 Å². The molecule has 0 aliphatic heterocycles. The summed E-state index contributed by atoms with van der Waals surface area (Å²) < 4.78 is 42.3. The molecule has 0 spiro atoms. The molecule has 3 rings (SSSR count). The SMILES string of the molecule is CCOC(=O)Nc1ccc2c(COC(=O)CCNS(=O)(=O)c3c(Cl)cccc3Cl)cc(=O)oc2c1. The zero-order valence-electron chi connectivity index (χ0n) is 18.3. The van der Waals surface area contributed by atoms with Gasteiger partial charge in [0, 0.05) is 35.3 Å². The van der Waals surface area contributed by atoms with Gasteiger partial charge < -0.3 is 13.9 Å². The first-order valence-corrected chi connectivity index (χ1v) is 12.4. The summed E-state index contributed by atoms with van der Waals surface area (Å²) in [6, 6.07) is 10.0. The average Bonchev–Trinajstić information content (AvgIpc) is 2.77. The summed E-state index contributed by atoms with van der Waals surface area (Å²) in [7, 11) is -4.05. The molecule has 0 aliphatic rings. The summed E-state index contributed by atoms with van der Waals surface area (Å²) in [5.41, 5.74) is 0.207. The number of amides is 1. The van der Waals surface area contributed by atoms with Gasteiger partial charge in [-0.15, -0.1) is 0 Å². The molecule has 0 saturated heterocycles. The Bertz CT molecular complexity index is 1400. The fourth-order valence-electron chi connectivity index (χ4n) is 3.04. The number of esters is 1. The Morgan fingerprint density at radius 3 is 2.46 bits per heavy atom. The van der Waals surface area contributed by atoms with E-state index in [4.69, 9.17) is 37.1 Å². The van der Waals surface area contributed by atoms with Gasteiger partial charge in [-0.3, -0.25) is 10.1 Å². The largest absolute Gasteiger partial charge is 0.461 e. The molecule has 1 amide bonds. The van der Waals surface area contributed by atoms with E-state index in [1.807, 2.05) is 0 Å². The number of ether oxygens (including phenoxy) is 2. The molecular weight excluding hydrogens is 523 g/mol. The van der Waals surface area contributed by atoms with Crippen LogP contribution in [0.1, 0.15) is 18.9 Å². The third-order valence-electron chi connectivity index (χ3n) is 4.55. The van der Waals surface area contributed by atoms with Gasteiger partial charge in [0.2, 0.25) is 10.0 Å². The second-order valence-electron chi connectivity index (χ2n) is 7.01. The zero-order valence-corrected chi connectivity index (χ0v) is 20.6. The summed E-state index contributed by atoms with van der Waals surface area (Å²) in [6.07, 6.45) is -0.944. The molecule has 0 unspecified atom stereocenters. The van der Waals surface area contributed by atoms with Gasteiger partial charge in [-0.2, -0.15) is 0 Å². The molecule has 3 aromatic rings. The maximum Gasteiger partial charge on any atom is 0.411 e. The lowest BCUT2D eigenvalue weighted by molar-refractivity contribution is -0.144. The van der Waals surface area contributed by atoms with E-state index in [0.29, 0.717) is 16.6 Å². The quantitative estimate of drug-likeness (QED) is 0.304. The monoisotopic (exact) mass is 542 g/mol. The van der Waals surface area contributed by atoms with Crippen molar-refractivity contribution in [3.63, 3.8) is 0 Å². The van der Waals surface area contributed by atoms with Crippen molar-refractivity contribution in [1.29, 1.82) is 0 Å². The van der Waals surface area contributed by atoms with Crippen molar-refractivity contribution in [2.24, 2.45) is 0 Å². The van der Waals surface area contributed by atoms with Crippen LogP contribution in [0.25, 0.3) is 11.0 Å². The van der Waals surface area contributed by atoms with Gasteiger partial charge in [0.25, 0.3) is 0 Å². The van der Waals surface area contributed by atoms with E-state index in [2.05, 4.69) is 10.0 Å². The highest BCUT2D eigenvalue weighted by atomic mass is 35.5. The van der Waals surface area contributed by atoms with Gasteiger partial charge in [-0.05, 0) is 31.2 Å². The first kappa shape index (κ1) is 26.5. The first-order chi connectivity index (χ1) is 16.6. The predicted octanol–water partition coefficient (Wildman–Crippen LogP) is 4.08. The number of hydrogen-bond acceptors (Lipinski definition) is 8. The standard InChI is InChI=1S/C22H20Cl2N2O8S/c1-2-32-22(29)26-14-6-7-15-13(10-20(28)34-18(15)11-14)12-33-19(27)8-9-25-35(30,31)21-16(23)4-3-5-17(21)24/h3-7,10-11,25H,2,8-9,12H2,1H3,(H,26,29). The third-order valence-corrected chi connectivity index (χ3v) is 6.97. The van der Waals surface area contributed by atoms with Crippen LogP contribution in [-0.4, -0.2) is 33.6 Å². The van der Waals surface area contributed by atoms with Crippen LogP contribution >= 0.6 is 23.2 Å². The first-order valence-electron chi connectivity index (χ1n) is 10.2. The van der Waals surface area contributed by atoms with E-state index in [9.17, 15) is 22.8 Å². The van der Waals surface area contributed by atoms with E-state index in [-0.39, 0.29) is 46.7 Å². The smallest absolute Gasteiger partial charge is 0.411 e. The molecule has 186 valence electrons. The van der Waals surface area contributed by atoms with E-state index in [1.54, 1.807) is 19.1 Å². The van der Waals surface area contributed by atoms with Crippen LogP contribution < -0.4 is 15.7 Å². The Morgan fingerprint density at radius 1 is 1.06 bits per heavy atom. The van der Waals surface area contributed by atoms with Crippen LogP contribution in [0, 0.1) is 0 Å². The van der Waals surface area contributed by atoms with Crippen molar-refractivity contribution in [2.75, 3.05) is 18.5 Å².